The monoisotopic (exact) mass is 443 g/mol. The third kappa shape index (κ3) is 4.10. The first-order valence-electron chi connectivity index (χ1n) is 9.90. The van der Waals surface area contributed by atoms with Crippen LogP contribution in [0.15, 0.2) is 102 Å². The number of benzene rings is 3. The first kappa shape index (κ1) is 21.3. The first-order valence-corrected chi connectivity index (χ1v) is 10.8. The van der Waals surface area contributed by atoms with Crippen molar-refractivity contribution in [3.05, 3.63) is 119 Å². The van der Waals surface area contributed by atoms with Gasteiger partial charge in [0.2, 0.25) is 5.71 Å². The summed E-state index contributed by atoms with van der Waals surface area (Å²) in [4.78, 5) is 20.8. The Morgan fingerprint density at radius 3 is 1.78 bits per heavy atom. The number of oxime groups is 1. The van der Waals surface area contributed by atoms with Gasteiger partial charge < -0.3 is 15.3 Å². The average Bonchev–Trinajstić information content (AvgIpc) is 3.30. The Labute approximate surface area is 189 Å². The molecule has 1 heterocycles. The van der Waals surface area contributed by atoms with Crippen LogP contribution in [0.25, 0.3) is 0 Å². The van der Waals surface area contributed by atoms with Crippen LogP contribution in [0.1, 0.15) is 22.4 Å². The summed E-state index contributed by atoms with van der Waals surface area (Å²) in [7, 11) is 1.31. The van der Waals surface area contributed by atoms with Gasteiger partial charge in [-0.05, 0) is 16.7 Å². The summed E-state index contributed by atoms with van der Waals surface area (Å²) in [5, 5.41) is 18.9. The quantitative estimate of drug-likeness (QED) is 0.228. The SMILES string of the molecule is CO/N=C(\C(=O)O)c1csc(NC(c2ccccc2)(c2ccccc2)c2ccccc2)n1. The Hall–Kier alpha value is -3.97. The van der Waals surface area contributed by atoms with Crippen molar-refractivity contribution in [1.29, 1.82) is 0 Å². The molecule has 0 fully saturated rings. The molecule has 0 aliphatic carbocycles. The predicted molar refractivity (Wildman–Crippen MR) is 126 cm³/mol. The number of nitrogens with zero attached hydrogens (tertiary/aromatic N) is 2. The average molecular weight is 444 g/mol. The van der Waals surface area contributed by atoms with Gasteiger partial charge in [-0.2, -0.15) is 0 Å². The standard InChI is InChI=1S/C25H21N3O3S/c1-31-28-22(23(29)30)21-17-32-24(26-21)27-25(18-11-5-2-6-12-18,19-13-7-3-8-14-19)20-15-9-4-10-16-20/h2-17H,1H3,(H,26,27)(H,29,30)/b28-22-. The Morgan fingerprint density at radius 2 is 1.38 bits per heavy atom. The molecule has 0 spiro atoms. The fraction of sp³-hybridized carbons (Fsp3) is 0.0800. The zero-order valence-corrected chi connectivity index (χ0v) is 18.1. The summed E-state index contributed by atoms with van der Waals surface area (Å²) < 4.78 is 0. The van der Waals surface area contributed by atoms with Gasteiger partial charge in [-0.1, -0.05) is 96.2 Å². The third-order valence-corrected chi connectivity index (χ3v) is 5.80. The van der Waals surface area contributed by atoms with Gasteiger partial charge in [0.05, 0.1) is 0 Å². The van der Waals surface area contributed by atoms with Crippen molar-refractivity contribution < 1.29 is 14.7 Å². The maximum Gasteiger partial charge on any atom is 0.360 e. The van der Waals surface area contributed by atoms with Gasteiger partial charge in [0.15, 0.2) is 5.13 Å². The Morgan fingerprint density at radius 1 is 0.906 bits per heavy atom. The number of thiazole rings is 1. The molecule has 0 aliphatic heterocycles. The van der Waals surface area contributed by atoms with E-state index in [9.17, 15) is 9.90 Å². The molecule has 4 aromatic rings. The maximum absolute atomic E-state index is 11.6. The minimum absolute atomic E-state index is 0.231. The summed E-state index contributed by atoms with van der Waals surface area (Å²) in [6.07, 6.45) is 0. The number of rotatable bonds is 8. The molecule has 32 heavy (non-hydrogen) atoms. The van der Waals surface area contributed by atoms with E-state index in [0.29, 0.717) is 5.13 Å². The van der Waals surface area contributed by atoms with E-state index >= 15 is 0 Å². The smallest absolute Gasteiger partial charge is 0.360 e. The van der Waals surface area contributed by atoms with Crippen LogP contribution in [0.3, 0.4) is 0 Å². The highest BCUT2D eigenvalue weighted by Gasteiger charge is 2.37. The zero-order chi connectivity index (χ0) is 22.4. The van der Waals surface area contributed by atoms with Crippen molar-refractivity contribution in [1.82, 2.24) is 4.98 Å². The zero-order valence-electron chi connectivity index (χ0n) is 17.3. The Bertz CT molecular complexity index is 1110. The van der Waals surface area contributed by atoms with Gasteiger partial charge in [0.25, 0.3) is 0 Å². The molecule has 160 valence electrons. The van der Waals surface area contributed by atoms with E-state index in [2.05, 4.69) is 56.7 Å². The second-order valence-electron chi connectivity index (χ2n) is 6.94. The fourth-order valence-corrected chi connectivity index (χ4v) is 4.42. The van der Waals surface area contributed by atoms with E-state index in [1.54, 1.807) is 5.38 Å². The molecule has 7 heteroatoms. The number of nitrogens with one attached hydrogen (secondary N) is 1. The van der Waals surface area contributed by atoms with Crippen LogP contribution in [0, 0.1) is 0 Å². The van der Waals surface area contributed by atoms with Crippen LogP contribution >= 0.6 is 11.3 Å². The van der Waals surface area contributed by atoms with E-state index in [-0.39, 0.29) is 11.4 Å². The van der Waals surface area contributed by atoms with Crippen molar-refractivity contribution in [3.63, 3.8) is 0 Å². The van der Waals surface area contributed by atoms with E-state index in [4.69, 9.17) is 0 Å². The van der Waals surface area contributed by atoms with E-state index in [1.807, 2.05) is 54.6 Å². The van der Waals surface area contributed by atoms with Crippen LogP contribution in [-0.4, -0.2) is 28.9 Å². The Kier molecular flexibility index (Phi) is 6.28. The molecule has 0 saturated carbocycles. The van der Waals surface area contributed by atoms with Crippen molar-refractivity contribution in [2.75, 3.05) is 12.4 Å². The predicted octanol–water partition coefficient (Wildman–Crippen LogP) is 4.98. The number of aliphatic carboxylic acids is 1. The number of aromatic nitrogens is 1. The number of carbonyl (C=O) groups is 1. The van der Waals surface area contributed by atoms with E-state index in [0.717, 1.165) is 16.7 Å². The van der Waals surface area contributed by atoms with Crippen LogP contribution in [0.4, 0.5) is 5.13 Å². The largest absolute Gasteiger partial charge is 0.476 e. The normalized spacial score (nSPS) is 11.7. The summed E-state index contributed by atoms with van der Waals surface area (Å²) in [6.45, 7) is 0. The van der Waals surface area contributed by atoms with Crippen LogP contribution in [-0.2, 0) is 15.2 Å². The number of carboxylic acids is 1. The topological polar surface area (TPSA) is 83.8 Å². The summed E-state index contributed by atoms with van der Waals surface area (Å²) >= 11 is 1.31. The number of hydrogen-bond donors (Lipinski definition) is 2. The molecule has 4 rings (SSSR count). The third-order valence-electron chi connectivity index (χ3n) is 5.05. The lowest BCUT2D eigenvalue weighted by molar-refractivity contribution is -0.129. The fourth-order valence-electron chi connectivity index (χ4n) is 3.67. The molecule has 3 aromatic carbocycles. The Balaban J connectivity index is 1.90. The van der Waals surface area contributed by atoms with Gasteiger partial charge in [-0.3, -0.25) is 0 Å². The van der Waals surface area contributed by atoms with E-state index in [1.165, 1.54) is 18.4 Å². The van der Waals surface area contributed by atoms with Crippen molar-refractivity contribution in [2.45, 2.75) is 5.54 Å². The minimum atomic E-state index is -1.20. The summed E-state index contributed by atoms with van der Waals surface area (Å²) in [5.74, 6) is -1.20. The van der Waals surface area contributed by atoms with Crippen LogP contribution in [0.5, 0.6) is 0 Å². The van der Waals surface area contributed by atoms with Crippen molar-refractivity contribution in [3.8, 4) is 0 Å². The summed E-state index contributed by atoms with van der Waals surface area (Å²) in [5.41, 5.74) is 2.31. The molecule has 0 amide bonds. The number of hydrogen-bond acceptors (Lipinski definition) is 6. The van der Waals surface area contributed by atoms with Crippen LogP contribution < -0.4 is 5.32 Å². The minimum Gasteiger partial charge on any atom is -0.476 e. The molecule has 2 N–H and O–H groups in total. The molecule has 0 unspecified atom stereocenters. The number of carboxylic acid groups (broad SMARTS) is 1. The van der Waals surface area contributed by atoms with Crippen molar-refractivity contribution in [2.24, 2.45) is 5.16 Å². The molecule has 0 aliphatic rings. The molecule has 0 radical (unpaired) electrons. The highest BCUT2D eigenvalue weighted by Crippen LogP contribution is 2.40. The lowest BCUT2D eigenvalue weighted by Crippen LogP contribution is -2.38. The molecular weight excluding hydrogens is 422 g/mol. The molecule has 0 bridgehead atoms. The highest BCUT2D eigenvalue weighted by molar-refractivity contribution is 7.14. The first-order chi connectivity index (χ1) is 15.6. The van der Waals surface area contributed by atoms with Gasteiger partial charge in [-0.15, -0.1) is 11.3 Å². The van der Waals surface area contributed by atoms with E-state index < -0.39 is 11.5 Å². The van der Waals surface area contributed by atoms with Crippen LogP contribution in [0.2, 0.25) is 0 Å². The number of anilines is 1. The molecule has 1 aromatic heterocycles. The maximum atomic E-state index is 11.6. The molecular formula is C25H21N3O3S. The van der Waals surface area contributed by atoms with Gasteiger partial charge in [-0.25, -0.2) is 9.78 Å². The lowest BCUT2D eigenvalue weighted by Gasteiger charge is -2.36. The lowest BCUT2D eigenvalue weighted by atomic mass is 9.77. The second-order valence-corrected chi connectivity index (χ2v) is 7.80. The van der Waals surface area contributed by atoms with Gasteiger partial charge >= 0.3 is 5.97 Å². The highest BCUT2D eigenvalue weighted by atomic mass is 32.1. The van der Waals surface area contributed by atoms with Gasteiger partial charge in [0.1, 0.15) is 18.3 Å². The molecule has 0 atom stereocenters. The van der Waals surface area contributed by atoms with Crippen molar-refractivity contribution >= 4 is 28.1 Å². The molecule has 0 saturated heterocycles. The van der Waals surface area contributed by atoms with Gasteiger partial charge in [0, 0.05) is 5.38 Å². The summed E-state index contributed by atoms with van der Waals surface area (Å²) in [6, 6.07) is 30.3. The molecule has 6 nitrogen and oxygen atoms in total. The second kappa shape index (κ2) is 9.45.